The number of aryl methyl sites for hydroxylation is 1. The van der Waals surface area contributed by atoms with Crippen molar-refractivity contribution in [1.82, 2.24) is 31.2 Å². The zero-order valence-corrected chi connectivity index (χ0v) is 30.7. The molecular weight excluding hydrogens is 704 g/mol. The Morgan fingerprint density at radius 2 is 1.56 bits per heavy atom. The Bertz CT molecular complexity index is 1980. The van der Waals surface area contributed by atoms with Crippen molar-refractivity contribution in [3.05, 3.63) is 101 Å². The SMILES string of the molecule is CCC(C)[C@H](NC(=O)Cc1ccccc1F)C(=O)N[C@]1(C(=O)NC(C(=O)NCc2ccncc2)[C@@H](C)CC)CCc2[nH]c3c(C(F)(F)F)cccc3c2C1. The summed E-state index contributed by atoms with van der Waals surface area (Å²) in [6, 6.07) is 10.9. The molecule has 4 amide bonds. The maximum atomic E-state index is 14.7. The number of alkyl halides is 3. The van der Waals surface area contributed by atoms with Crippen molar-refractivity contribution in [3.8, 4) is 0 Å². The standard InChI is InChI=1S/C40H46F4N6O4/c1-5-23(3)33(36(52)46-22-25-15-18-45-19-16-25)49-38(54)39(17-14-31-28(21-39)27-11-9-12-29(35(27)47-31)40(42,43)44)50-37(53)34(24(4)6-2)48-32(51)20-26-10-7-8-13-30(26)41/h7-13,15-16,18-19,23-24,33-34,47H,5-6,14,17,20-22H2,1-4H3,(H,46,52)(H,48,51)(H,49,54)(H,50,53)/t23-,24?,33?,34-,39+/m0/s1. The van der Waals surface area contributed by atoms with E-state index in [9.17, 15) is 36.7 Å². The van der Waals surface area contributed by atoms with E-state index in [-0.39, 0.29) is 54.6 Å². The van der Waals surface area contributed by atoms with Crippen molar-refractivity contribution < 1.29 is 36.7 Å². The summed E-state index contributed by atoms with van der Waals surface area (Å²) < 4.78 is 56.6. The van der Waals surface area contributed by atoms with Gasteiger partial charge in [0.05, 0.1) is 17.5 Å². The van der Waals surface area contributed by atoms with Gasteiger partial charge in [-0.05, 0) is 65.6 Å². The summed E-state index contributed by atoms with van der Waals surface area (Å²) in [5, 5.41) is 11.7. The largest absolute Gasteiger partial charge is 0.418 e. The van der Waals surface area contributed by atoms with E-state index in [1.807, 2.05) is 20.8 Å². The van der Waals surface area contributed by atoms with Gasteiger partial charge in [0.2, 0.25) is 23.6 Å². The molecule has 2 aromatic heterocycles. The molecule has 2 heterocycles. The van der Waals surface area contributed by atoms with Crippen LogP contribution in [0, 0.1) is 17.7 Å². The first kappa shape index (κ1) is 39.9. The Hall–Kier alpha value is -5.27. The maximum Gasteiger partial charge on any atom is 0.418 e. The third-order valence-electron chi connectivity index (χ3n) is 10.5. The number of hydrogen-bond acceptors (Lipinski definition) is 5. The van der Waals surface area contributed by atoms with Crippen molar-refractivity contribution in [2.24, 2.45) is 11.8 Å². The third kappa shape index (κ3) is 8.91. The molecular formula is C40H46F4N6O4. The average Bonchev–Trinajstić information content (AvgIpc) is 3.52. The molecule has 5 atom stereocenters. The summed E-state index contributed by atoms with van der Waals surface area (Å²) in [4.78, 5) is 62.8. The Morgan fingerprint density at radius 3 is 2.20 bits per heavy atom. The second-order valence-electron chi connectivity index (χ2n) is 14.2. The van der Waals surface area contributed by atoms with Gasteiger partial charge in [0.25, 0.3) is 0 Å². The number of rotatable bonds is 14. The number of benzene rings is 2. The van der Waals surface area contributed by atoms with Crippen LogP contribution in [0.3, 0.4) is 0 Å². The summed E-state index contributed by atoms with van der Waals surface area (Å²) in [6.45, 7) is 7.44. The van der Waals surface area contributed by atoms with Crippen molar-refractivity contribution >= 4 is 34.5 Å². The highest BCUT2D eigenvalue weighted by Gasteiger charge is 2.47. The Kier molecular flexibility index (Phi) is 12.4. The molecule has 0 saturated carbocycles. The van der Waals surface area contributed by atoms with Crippen LogP contribution in [0.5, 0.6) is 0 Å². The number of aromatic nitrogens is 2. The number of para-hydroxylation sites is 1. The number of hydrogen-bond donors (Lipinski definition) is 5. The molecule has 2 aromatic carbocycles. The summed E-state index contributed by atoms with van der Waals surface area (Å²) >= 11 is 0. The lowest BCUT2D eigenvalue weighted by molar-refractivity contribution is -0.139. The lowest BCUT2D eigenvalue weighted by Crippen LogP contribution is -2.67. The lowest BCUT2D eigenvalue weighted by Gasteiger charge is -2.39. The molecule has 288 valence electrons. The predicted molar refractivity (Wildman–Crippen MR) is 195 cm³/mol. The second-order valence-corrected chi connectivity index (χ2v) is 14.2. The maximum absolute atomic E-state index is 14.7. The Labute approximate surface area is 311 Å². The molecule has 1 aliphatic rings. The van der Waals surface area contributed by atoms with Gasteiger partial charge in [-0.25, -0.2) is 4.39 Å². The summed E-state index contributed by atoms with van der Waals surface area (Å²) in [7, 11) is 0. The molecule has 0 saturated heterocycles. The molecule has 10 nitrogen and oxygen atoms in total. The molecule has 2 unspecified atom stereocenters. The number of fused-ring (bicyclic) bond motifs is 3. The number of nitrogens with one attached hydrogen (secondary N) is 5. The normalized spacial score (nSPS) is 17.8. The van der Waals surface area contributed by atoms with Crippen molar-refractivity contribution in [2.45, 2.75) is 96.6 Å². The molecule has 0 bridgehead atoms. The smallest absolute Gasteiger partial charge is 0.358 e. The molecule has 0 aliphatic heterocycles. The summed E-state index contributed by atoms with van der Waals surface area (Å²) in [5.41, 5.74) is -0.832. The van der Waals surface area contributed by atoms with E-state index in [0.717, 1.165) is 11.6 Å². The zero-order valence-electron chi connectivity index (χ0n) is 30.7. The van der Waals surface area contributed by atoms with Gasteiger partial charge in [0, 0.05) is 36.4 Å². The highest BCUT2D eigenvalue weighted by atomic mass is 19.4. The fourth-order valence-electron chi connectivity index (χ4n) is 6.90. The number of carbonyl (C=O) groups excluding carboxylic acids is 4. The van der Waals surface area contributed by atoms with E-state index in [1.54, 1.807) is 37.5 Å². The van der Waals surface area contributed by atoms with Gasteiger partial charge in [-0.2, -0.15) is 13.2 Å². The first-order chi connectivity index (χ1) is 25.7. The van der Waals surface area contributed by atoms with Gasteiger partial charge in [0.15, 0.2) is 0 Å². The van der Waals surface area contributed by atoms with E-state index in [4.69, 9.17) is 0 Å². The van der Waals surface area contributed by atoms with Crippen molar-refractivity contribution in [2.75, 3.05) is 0 Å². The van der Waals surface area contributed by atoms with Crippen LogP contribution in [0.1, 0.15) is 74.9 Å². The summed E-state index contributed by atoms with van der Waals surface area (Å²) in [5.74, 6) is -3.78. The topological polar surface area (TPSA) is 145 Å². The number of nitrogens with zero attached hydrogens (tertiary/aromatic N) is 1. The molecule has 14 heteroatoms. The predicted octanol–water partition coefficient (Wildman–Crippen LogP) is 5.69. The molecule has 1 aliphatic carbocycles. The molecule has 4 aromatic rings. The Balaban J connectivity index is 1.49. The second kappa shape index (κ2) is 16.8. The fraction of sp³-hybridized carbons (Fsp3) is 0.425. The monoisotopic (exact) mass is 750 g/mol. The number of pyridine rings is 1. The number of H-pyrrole nitrogens is 1. The average molecular weight is 751 g/mol. The van der Waals surface area contributed by atoms with Crippen LogP contribution in [0.2, 0.25) is 0 Å². The van der Waals surface area contributed by atoms with Gasteiger partial charge >= 0.3 is 6.18 Å². The van der Waals surface area contributed by atoms with Crippen molar-refractivity contribution in [1.29, 1.82) is 0 Å². The van der Waals surface area contributed by atoms with E-state index in [2.05, 4.69) is 31.2 Å². The fourth-order valence-corrected chi connectivity index (χ4v) is 6.90. The van der Waals surface area contributed by atoms with Crippen LogP contribution < -0.4 is 21.3 Å². The van der Waals surface area contributed by atoms with Gasteiger partial charge in [-0.1, -0.05) is 70.9 Å². The van der Waals surface area contributed by atoms with Crippen molar-refractivity contribution in [3.63, 3.8) is 0 Å². The molecule has 5 rings (SSSR count). The summed E-state index contributed by atoms with van der Waals surface area (Å²) in [6.07, 6.45) is -0.922. The number of halogens is 4. The van der Waals surface area contributed by atoms with E-state index in [1.165, 1.54) is 30.3 Å². The molecule has 5 N–H and O–H groups in total. The van der Waals surface area contributed by atoms with Crippen LogP contribution >= 0.6 is 0 Å². The number of aromatic amines is 1. The molecule has 54 heavy (non-hydrogen) atoms. The van der Waals surface area contributed by atoms with Crippen LogP contribution in [0.25, 0.3) is 10.9 Å². The highest BCUT2D eigenvalue weighted by Crippen LogP contribution is 2.40. The first-order valence-electron chi connectivity index (χ1n) is 18.2. The van der Waals surface area contributed by atoms with Crippen LogP contribution in [-0.4, -0.2) is 51.2 Å². The minimum atomic E-state index is -4.65. The third-order valence-corrected chi connectivity index (χ3v) is 10.5. The van der Waals surface area contributed by atoms with Gasteiger partial charge in [-0.15, -0.1) is 0 Å². The minimum absolute atomic E-state index is 0.0198. The molecule has 0 spiro atoms. The van der Waals surface area contributed by atoms with Gasteiger partial charge < -0.3 is 26.3 Å². The van der Waals surface area contributed by atoms with Gasteiger partial charge in [0.1, 0.15) is 23.4 Å². The highest BCUT2D eigenvalue weighted by molar-refractivity contribution is 5.99. The van der Waals surface area contributed by atoms with E-state index < -0.39 is 64.7 Å². The quantitative estimate of drug-likeness (QED) is 0.105. The Morgan fingerprint density at radius 1 is 0.889 bits per heavy atom. The van der Waals surface area contributed by atoms with Crippen LogP contribution in [0.15, 0.2) is 67.0 Å². The lowest BCUT2D eigenvalue weighted by atomic mass is 9.78. The van der Waals surface area contributed by atoms with Crippen LogP contribution in [-0.2, 0) is 51.2 Å². The zero-order chi connectivity index (χ0) is 39.2. The number of carbonyl (C=O) groups is 4. The van der Waals surface area contributed by atoms with Crippen LogP contribution in [0.4, 0.5) is 17.6 Å². The minimum Gasteiger partial charge on any atom is -0.358 e. The first-order valence-corrected chi connectivity index (χ1v) is 18.2. The number of amides is 4. The van der Waals surface area contributed by atoms with Gasteiger partial charge in [-0.3, -0.25) is 24.2 Å². The molecule has 0 fully saturated rings. The molecule has 0 radical (unpaired) electrons. The van der Waals surface area contributed by atoms with E-state index in [0.29, 0.717) is 24.1 Å². The van der Waals surface area contributed by atoms with E-state index >= 15 is 0 Å².